The Balaban J connectivity index is 2.53. The van der Waals surface area contributed by atoms with Crippen molar-refractivity contribution in [1.82, 2.24) is 5.32 Å². The van der Waals surface area contributed by atoms with E-state index in [1.165, 1.54) is 23.5 Å². The van der Waals surface area contributed by atoms with E-state index in [0.717, 1.165) is 9.35 Å². The number of halogens is 4. The van der Waals surface area contributed by atoms with Crippen molar-refractivity contribution in [3.63, 3.8) is 0 Å². The zero-order valence-electron chi connectivity index (χ0n) is 10.0. The summed E-state index contributed by atoms with van der Waals surface area (Å²) in [7, 11) is 0. The van der Waals surface area contributed by atoms with Gasteiger partial charge in [-0.3, -0.25) is 0 Å². The molecule has 1 atom stereocenters. The van der Waals surface area contributed by atoms with Gasteiger partial charge in [0.2, 0.25) is 0 Å². The molecule has 1 N–H and O–H groups in total. The lowest BCUT2D eigenvalue weighted by Gasteiger charge is -2.19. The van der Waals surface area contributed by atoms with Crippen LogP contribution in [0.3, 0.4) is 0 Å². The molecule has 19 heavy (non-hydrogen) atoms. The molecule has 0 amide bonds. The Labute approximate surface area is 131 Å². The third-order valence-electron chi connectivity index (χ3n) is 2.70. The van der Waals surface area contributed by atoms with Gasteiger partial charge in [0.25, 0.3) is 0 Å². The highest BCUT2D eigenvalue weighted by Crippen LogP contribution is 2.34. The summed E-state index contributed by atoms with van der Waals surface area (Å²) < 4.78 is 29.4. The Morgan fingerprint density at radius 1 is 1.32 bits per heavy atom. The van der Waals surface area contributed by atoms with Gasteiger partial charge in [0.15, 0.2) is 0 Å². The molecule has 102 valence electrons. The first-order chi connectivity index (χ1) is 9.04. The smallest absolute Gasteiger partial charge is 0.145 e. The molecule has 0 bridgehead atoms. The Bertz CT molecular complexity index is 586. The first-order valence-electron chi connectivity index (χ1n) is 5.65. The Morgan fingerprint density at radius 2 is 2.05 bits per heavy atom. The molecule has 0 aliphatic rings. The van der Waals surface area contributed by atoms with E-state index in [9.17, 15) is 8.78 Å². The van der Waals surface area contributed by atoms with Crippen LogP contribution in [0.25, 0.3) is 0 Å². The molecule has 0 fully saturated rings. The Hall–Kier alpha value is -0.300. The van der Waals surface area contributed by atoms with Gasteiger partial charge >= 0.3 is 0 Å². The van der Waals surface area contributed by atoms with Crippen molar-refractivity contribution in [2.24, 2.45) is 0 Å². The molecule has 6 heteroatoms. The maximum absolute atomic E-state index is 14.2. The van der Waals surface area contributed by atoms with Gasteiger partial charge in [0.05, 0.1) is 14.3 Å². The quantitative estimate of drug-likeness (QED) is 0.678. The highest BCUT2D eigenvalue weighted by Gasteiger charge is 2.23. The zero-order chi connectivity index (χ0) is 14.0. The number of hydrogen-bond acceptors (Lipinski definition) is 2. The average Bonchev–Trinajstić information content (AvgIpc) is 2.80. The van der Waals surface area contributed by atoms with Crippen molar-refractivity contribution >= 4 is 43.2 Å². The molecular formula is C13H11Br2F2NS. The van der Waals surface area contributed by atoms with Crippen LogP contribution in [-0.2, 0) is 0 Å². The van der Waals surface area contributed by atoms with Crippen LogP contribution in [0.4, 0.5) is 8.78 Å². The van der Waals surface area contributed by atoms with Gasteiger partial charge in [0.1, 0.15) is 11.6 Å². The van der Waals surface area contributed by atoms with Crippen LogP contribution < -0.4 is 5.32 Å². The molecule has 0 aliphatic carbocycles. The monoisotopic (exact) mass is 409 g/mol. The van der Waals surface area contributed by atoms with E-state index in [0.29, 0.717) is 6.54 Å². The van der Waals surface area contributed by atoms with Crippen LogP contribution in [0.15, 0.2) is 31.8 Å². The first-order valence-corrected chi connectivity index (χ1v) is 8.11. The fourth-order valence-electron chi connectivity index (χ4n) is 1.87. The van der Waals surface area contributed by atoms with E-state index in [-0.39, 0.29) is 10.0 Å². The molecule has 2 rings (SSSR count). The molecular weight excluding hydrogens is 400 g/mol. The van der Waals surface area contributed by atoms with Gasteiger partial charge < -0.3 is 5.32 Å². The molecule has 0 aliphatic heterocycles. The van der Waals surface area contributed by atoms with Gasteiger partial charge in [-0.2, -0.15) is 0 Å². The lowest BCUT2D eigenvalue weighted by Crippen LogP contribution is -2.23. The fraction of sp³-hybridized carbons (Fsp3) is 0.231. The van der Waals surface area contributed by atoms with Crippen LogP contribution in [-0.4, -0.2) is 6.54 Å². The normalized spacial score (nSPS) is 12.7. The zero-order valence-corrected chi connectivity index (χ0v) is 14.0. The number of nitrogens with one attached hydrogen (secondary N) is 1. The van der Waals surface area contributed by atoms with E-state index < -0.39 is 17.7 Å². The summed E-state index contributed by atoms with van der Waals surface area (Å²) in [6.45, 7) is 2.52. The highest BCUT2D eigenvalue weighted by atomic mass is 79.9. The predicted octanol–water partition coefficient (Wildman–Crippen LogP) is 5.25. The molecule has 1 aromatic carbocycles. The standard InChI is InChI=1S/C13H11Br2F2NS/c1-2-18-13(7-5-10(15)19-6-7)11-9(16)4-3-8(14)12(11)17/h3-6,13,18H,2H2,1H3. The van der Waals surface area contributed by atoms with E-state index in [1.54, 1.807) is 0 Å². The van der Waals surface area contributed by atoms with Gasteiger partial charge in [-0.1, -0.05) is 6.92 Å². The molecule has 0 saturated heterocycles. The molecule has 2 aromatic rings. The number of hydrogen-bond donors (Lipinski definition) is 1. The van der Waals surface area contributed by atoms with Crippen LogP contribution >= 0.6 is 43.2 Å². The third kappa shape index (κ3) is 3.24. The summed E-state index contributed by atoms with van der Waals surface area (Å²) in [6.07, 6.45) is 0. The molecule has 0 radical (unpaired) electrons. The summed E-state index contributed by atoms with van der Waals surface area (Å²) in [5, 5.41) is 5.01. The SMILES string of the molecule is CCNC(c1csc(Br)c1)c1c(F)ccc(Br)c1F. The van der Waals surface area contributed by atoms with E-state index in [1.807, 2.05) is 18.4 Å². The van der Waals surface area contributed by atoms with Gasteiger partial charge in [0, 0.05) is 5.56 Å². The van der Waals surface area contributed by atoms with Crippen molar-refractivity contribution in [3.8, 4) is 0 Å². The summed E-state index contributed by atoms with van der Waals surface area (Å²) in [5.41, 5.74) is 0.885. The predicted molar refractivity (Wildman–Crippen MR) is 81.6 cm³/mol. The largest absolute Gasteiger partial charge is 0.306 e. The number of rotatable bonds is 4. The first kappa shape index (κ1) is 15.1. The maximum Gasteiger partial charge on any atom is 0.145 e. The molecule has 0 spiro atoms. The highest BCUT2D eigenvalue weighted by molar-refractivity contribution is 9.11. The van der Waals surface area contributed by atoms with Crippen LogP contribution in [0, 0.1) is 11.6 Å². The second-order valence-electron chi connectivity index (χ2n) is 3.93. The number of benzene rings is 1. The van der Waals surface area contributed by atoms with Gasteiger partial charge in [-0.25, -0.2) is 8.78 Å². The van der Waals surface area contributed by atoms with E-state index >= 15 is 0 Å². The fourth-order valence-corrected chi connectivity index (χ4v) is 3.42. The van der Waals surface area contributed by atoms with Crippen LogP contribution in [0.5, 0.6) is 0 Å². The lowest BCUT2D eigenvalue weighted by atomic mass is 10.00. The lowest BCUT2D eigenvalue weighted by molar-refractivity contribution is 0.508. The van der Waals surface area contributed by atoms with E-state index in [4.69, 9.17) is 0 Å². The van der Waals surface area contributed by atoms with Crippen molar-refractivity contribution in [3.05, 3.63) is 54.6 Å². The summed E-state index contributed by atoms with van der Waals surface area (Å²) in [4.78, 5) is 0. The van der Waals surface area contributed by atoms with Crippen molar-refractivity contribution in [1.29, 1.82) is 0 Å². The van der Waals surface area contributed by atoms with Gasteiger partial charge in [-0.05, 0) is 67.5 Å². The summed E-state index contributed by atoms with van der Waals surface area (Å²) >= 11 is 7.96. The van der Waals surface area contributed by atoms with Crippen molar-refractivity contribution in [2.45, 2.75) is 13.0 Å². The molecule has 1 aromatic heterocycles. The average molecular weight is 411 g/mol. The molecule has 1 heterocycles. The summed E-state index contributed by atoms with van der Waals surface area (Å²) in [6, 6.07) is 4.03. The van der Waals surface area contributed by atoms with Gasteiger partial charge in [-0.15, -0.1) is 11.3 Å². The topological polar surface area (TPSA) is 12.0 Å². The minimum atomic E-state index is -0.562. The second kappa shape index (κ2) is 6.43. The van der Waals surface area contributed by atoms with E-state index in [2.05, 4.69) is 37.2 Å². The Kier molecular flexibility index (Phi) is 5.11. The van der Waals surface area contributed by atoms with Crippen LogP contribution in [0.1, 0.15) is 24.1 Å². The van der Waals surface area contributed by atoms with Crippen molar-refractivity contribution < 1.29 is 8.78 Å². The molecule has 0 saturated carbocycles. The summed E-state index contributed by atoms with van der Waals surface area (Å²) in [5.74, 6) is -1.11. The molecule has 1 nitrogen and oxygen atoms in total. The number of thiophene rings is 1. The van der Waals surface area contributed by atoms with Crippen LogP contribution in [0.2, 0.25) is 0 Å². The van der Waals surface area contributed by atoms with Crippen molar-refractivity contribution in [2.75, 3.05) is 6.54 Å². The maximum atomic E-state index is 14.2. The Morgan fingerprint density at radius 3 is 2.63 bits per heavy atom. The minimum absolute atomic E-state index is 0.0431. The third-order valence-corrected chi connectivity index (χ3v) is 4.83. The molecule has 1 unspecified atom stereocenters. The second-order valence-corrected chi connectivity index (χ2v) is 7.08. The minimum Gasteiger partial charge on any atom is -0.306 e.